The van der Waals surface area contributed by atoms with E-state index < -0.39 is 30.6 Å². The molecule has 0 bridgehead atoms. The third-order valence-electron chi connectivity index (χ3n) is 3.13. The summed E-state index contributed by atoms with van der Waals surface area (Å²) in [7, 11) is 0. The molecule has 1 aliphatic rings. The van der Waals surface area contributed by atoms with E-state index in [1.54, 1.807) is 16.8 Å². The second-order valence-electron chi connectivity index (χ2n) is 4.65. The molecule has 21 heavy (non-hydrogen) atoms. The maximum absolute atomic E-state index is 12.0. The number of hydrogen-bond donors (Lipinski definition) is 2. The van der Waals surface area contributed by atoms with Gasteiger partial charge in [-0.05, 0) is 23.4 Å². The van der Waals surface area contributed by atoms with Crippen LogP contribution in [0.1, 0.15) is 16.5 Å². The van der Waals surface area contributed by atoms with Crippen molar-refractivity contribution in [3.8, 4) is 0 Å². The number of carbonyl (C=O) groups is 2. The van der Waals surface area contributed by atoms with Crippen LogP contribution >= 0.6 is 11.3 Å². The number of rotatable bonds is 4. The average molecular weight is 322 g/mol. The zero-order valence-corrected chi connectivity index (χ0v) is 11.6. The Bertz CT molecular complexity index is 544. The number of thiophene rings is 1. The van der Waals surface area contributed by atoms with E-state index in [2.05, 4.69) is 0 Å². The number of amides is 1. The van der Waals surface area contributed by atoms with Gasteiger partial charge in [-0.1, -0.05) is 0 Å². The molecule has 0 saturated carbocycles. The summed E-state index contributed by atoms with van der Waals surface area (Å²) in [5, 5.41) is 12.8. The molecule has 0 aliphatic carbocycles. The summed E-state index contributed by atoms with van der Waals surface area (Å²) in [5.41, 5.74) is 0.613. The first-order valence-electron chi connectivity index (χ1n) is 6.14. The lowest BCUT2D eigenvalue weighted by Gasteiger charge is -2.32. The minimum absolute atomic E-state index is 0.323. The van der Waals surface area contributed by atoms with Crippen LogP contribution < -0.4 is 5.32 Å². The molecule has 1 atom stereocenters. The molecule has 1 aliphatic heterocycles. The highest BCUT2D eigenvalue weighted by Crippen LogP contribution is 2.33. The number of halogens is 3. The predicted molar refractivity (Wildman–Crippen MR) is 69.0 cm³/mol. The van der Waals surface area contributed by atoms with Gasteiger partial charge >= 0.3 is 12.1 Å². The van der Waals surface area contributed by atoms with Gasteiger partial charge in [0.15, 0.2) is 0 Å². The summed E-state index contributed by atoms with van der Waals surface area (Å²) in [6, 6.07) is 0.690. The zero-order valence-electron chi connectivity index (χ0n) is 10.8. The fraction of sp³-hybridized carbons (Fsp3) is 0.500. The highest BCUT2D eigenvalue weighted by atomic mass is 32.1. The van der Waals surface area contributed by atoms with Gasteiger partial charge in [0.2, 0.25) is 5.91 Å². The predicted octanol–water partition coefficient (Wildman–Crippen LogP) is 1.41. The number of aliphatic carboxylic acids is 1. The number of carbonyl (C=O) groups excluding carboxylic acids is 1. The molecule has 0 saturated heterocycles. The molecule has 2 rings (SSSR count). The second-order valence-corrected chi connectivity index (χ2v) is 5.65. The number of carboxylic acid groups (broad SMARTS) is 1. The van der Waals surface area contributed by atoms with Crippen LogP contribution in [0.2, 0.25) is 0 Å². The Kier molecular flexibility index (Phi) is 4.52. The minimum atomic E-state index is -4.48. The third-order valence-corrected chi connectivity index (χ3v) is 4.13. The summed E-state index contributed by atoms with van der Waals surface area (Å²) < 4.78 is 36.1. The molecule has 1 unspecified atom stereocenters. The van der Waals surface area contributed by atoms with Crippen LogP contribution in [-0.2, 0) is 16.0 Å². The molecule has 116 valence electrons. The molecule has 0 aromatic carbocycles. The summed E-state index contributed by atoms with van der Waals surface area (Å²) >= 11 is 1.44. The quantitative estimate of drug-likeness (QED) is 0.879. The number of fused-ring (bicyclic) bond motifs is 1. The van der Waals surface area contributed by atoms with E-state index in [1.807, 2.05) is 0 Å². The van der Waals surface area contributed by atoms with E-state index in [-0.39, 0.29) is 6.54 Å². The van der Waals surface area contributed by atoms with Gasteiger partial charge in [0.1, 0.15) is 12.6 Å². The molecule has 0 spiro atoms. The lowest BCUT2D eigenvalue weighted by atomic mass is 10.00. The van der Waals surface area contributed by atoms with Gasteiger partial charge in [-0.2, -0.15) is 13.2 Å². The molecule has 1 amide bonds. The fourth-order valence-corrected chi connectivity index (χ4v) is 3.17. The Morgan fingerprint density at radius 1 is 1.48 bits per heavy atom. The van der Waals surface area contributed by atoms with E-state index in [4.69, 9.17) is 0 Å². The first-order valence-corrected chi connectivity index (χ1v) is 7.02. The lowest BCUT2D eigenvalue weighted by molar-refractivity contribution is -0.146. The smallest absolute Gasteiger partial charge is 0.405 e. The van der Waals surface area contributed by atoms with Crippen LogP contribution in [0.15, 0.2) is 11.4 Å². The Hall–Kier alpha value is -1.61. The largest absolute Gasteiger partial charge is 0.480 e. The number of nitrogens with one attached hydrogen (secondary N) is 1. The summed E-state index contributed by atoms with van der Waals surface area (Å²) in [4.78, 5) is 25.2. The monoisotopic (exact) mass is 322 g/mol. The molecule has 0 radical (unpaired) electrons. The van der Waals surface area contributed by atoms with E-state index in [1.165, 1.54) is 16.2 Å². The molecule has 9 heteroatoms. The van der Waals surface area contributed by atoms with Crippen molar-refractivity contribution in [1.29, 1.82) is 0 Å². The number of carboxylic acids is 1. The van der Waals surface area contributed by atoms with Crippen LogP contribution in [-0.4, -0.2) is 47.7 Å². The van der Waals surface area contributed by atoms with Crippen molar-refractivity contribution >= 4 is 23.2 Å². The fourth-order valence-electron chi connectivity index (χ4n) is 2.27. The van der Waals surface area contributed by atoms with Gasteiger partial charge < -0.3 is 10.4 Å². The minimum Gasteiger partial charge on any atom is -0.480 e. The lowest BCUT2D eigenvalue weighted by Crippen LogP contribution is -2.46. The Labute approximate surface area is 122 Å². The van der Waals surface area contributed by atoms with Gasteiger partial charge in [-0.3, -0.25) is 14.5 Å². The molecule has 0 fully saturated rings. The molecule has 1 aromatic rings. The standard InChI is InChI=1S/C12H13F3N2O3S/c13-12(14,15)6-16-9(18)5-17-3-1-8-7(2-4-21-8)10(17)11(19)20/h2,4,10H,1,3,5-6H2,(H,16,18)(H,19,20). The number of hydrogen-bond acceptors (Lipinski definition) is 4. The summed E-state index contributed by atoms with van der Waals surface area (Å²) in [6.07, 6.45) is -3.90. The Balaban J connectivity index is 2.03. The number of nitrogens with zero attached hydrogens (tertiary/aromatic N) is 1. The number of alkyl halides is 3. The molecular formula is C12H13F3N2O3S. The highest BCUT2D eigenvalue weighted by molar-refractivity contribution is 7.10. The van der Waals surface area contributed by atoms with Crippen LogP contribution in [0.5, 0.6) is 0 Å². The first-order chi connectivity index (χ1) is 9.78. The van der Waals surface area contributed by atoms with E-state index >= 15 is 0 Å². The van der Waals surface area contributed by atoms with Gasteiger partial charge in [-0.15, -0.1) is 11.3 Å². The molecule has 2 heterocycles. The van der Waals surface area contributed by atoms with E-state index in [0.29, 0.717) is 18.5 Å². The SMILES string of the molecule is O=C(CN1CCc2sccc2C1C(=O)O)NCC(F)(F)F. The molecular weight excluding hydrogens is 309 g/mol. The van der Waals surface area contributed by atoms with Crippen molar-refractivity contribution in [3.63, 3.8) is 0 Å². The Morgan fingerprint density at radius 2 is 2.19 bits per heavy atom. The second kappa shape index (κ2) is 6.02. The maximum Gasteiger partial charge on any atom is 0.405 e. The molecule has 1 aromatic heterocycles. The van der Waals surface area contributed by atoms with Crippen molar-refractivity contribution < 1.29 is 27.9 Å². The Morgan fingerprint density at radius 3 is 2.81 bits per heavy atom. The van der Waals surface area contributed by atoms with Gasteiger partial charge in [0.05, 0.1) is 6.54 Å². The van der Waals surface area contributed by atoms with E-state index in [9.17, 15) is 27.9 Å². The third kappa shape index (κ3) is 3.94. The van der Waals surface area contributed by atoms with Crippen LogP contribution in [0.3, 0.4) is 0 Å². The average Bonchev–Trinajstić information content (AvgIpc) is 2.83. The van der Waals surface area contributed by atoms with Crippen molar-refractivity contribution in [3.05, 3.63) is 21.9 Å². The summed E-state index contributed by atoms with van der Waals surface area (Å²) in [6.45, 7) is -1.46. The van der Waals surface area contributed by atoms with Gasteiger partial charge in [0, 0.05) is 11.4 Å². The maximum atomic E-state index is 12.0. The van der Waals surface area contributed by atoms with Crippen molar-refractivity contribution in [1.82, 2.24) is 10.2 Å². The van der Waals surface area contributed by atoms with Crippen LogP contribution in [0, 0.1) is 0 Å². The molecule has 2 N–H and O–H groups in total. The van der Waals surface area contributed by atoms with Crippen LogP contribution in [0.25, 0.3) is 0 Å². The van der Waals surface area contributed by atoms with Crippen molar-refractivity contribution in [2.75, 3.05) is 19.6 Å². The van der Waals surface area contributed by atoms with E-state index in [0.717, 1.165) is 4.88 Å². The van der Waals surface area contributed by atoms with Crippen LogP contribution in [0.4, 0.5) is 13.2 Å². The summed E-state index contributed by atoms with van der Waals surface area (Å²) in [5.74, 6) is -1.95. The van der Waals surface area contributed by atoms with Crippen molar-refractivity contribution in [2.24, 2.45) is 0 Å². The zero-order chi connectivity index (χ0) is 15.6. The van der Waals surface area contributed by atoms with Gasteiger partial charge in [0.25, 0.3) is 0 Å². The topological polar surface area (TPSA) is 69.6 Å². The first kappa shape index (κ1) is 15.8. The highest BCUT2D eigenvalue weighted by Gasteiger charge is 2.35. The van der Waals surface area contributed by atoms with Crippen molar-refractivity contribution in [2.45, 2.75) is 18.6 Å². The van der Waals surface area contributed by atoms with Gasteiger partial charge in [-0.25, -0.2) is 0 Å². The molecule has 5 nitrogen and oxygen atoms in total. The normalized spacial score (nSPS) is 19.1.